The summed E-state index contributed by atoms with van der Waals surface area (Å²) in [4.78, 5) is 25.7. The molecule has 0 radical (unpaired) electrons. The summed E-state index contributed by atoms with van der Waals surface area (Å²) in [7, 11) is 1.59. The van der Waals surface area contributed by atoms with Gasteiger partial charge in [0, 0.05) is 18.9 Å². The van der Waals surface area contributed by atoms with Gasteiger partial charge in [0.05, 0.1) is 23.3 Å². The molecule has 4 unspecified atom stereocenters. The minimum absolute atomic E-state index is 0.0104. The van der Waals surface area contributed by atoms with Gasteiger partial charge in [-0.15, -0.1) is 0 Å². The Kier molecular flexibility index (Phi) is 9.77. The molecule has 0 N–H and O–H groups in total. The Morgan fingerprint density at radius 2 is 1.26 bits per heavy atom. The fourth-order valence-electron chi connectivity index (χ4n) is 5.27. The summed E-state index contributed by atoms with van der Waals surface area (Å²) >= 11 is 0. The zero-order chi connectivity index (χ0) is 28.1. The van der Waals surface area contributed by atoms with Crippen molar-refractivity contribution in [1.29, 1.82) is 0 Å². The van der Waals surface area contributed by atoms with E-state index in [4.69, 9.17) is 28.4 Å². The Morgan fingerprint density at radius 3 is 1.85 bits per heavy atom. The molecular weight excluding hydrogens is 500 g/mol. The molecule has 2 saturated heterocycles. The van der Waals surface area contributed by atoms with Crippen LogP contribution in [0.25, 0.3) is 0 Å². The molecule has 2 aliphatic rings. The zero-order valence-electron chi connectivity index (χ0n) is 23.5. The fourth-order valence-corrected chi connectivity index (χ4v) is 5.27. The van der Waals surface area contributed by atoms with E-state index in [1.807, 2.05) is 32.9 Å². The highest BCUT2D eigenvalue weighted by Gasteiger charge is 2.49. The van der Waals surface area contributed by atoms with Crippen molar-refractivity contribution >= 4 is 11.9 Å². The number of carbonyl (C=O) groups is 2. The summed E-state index contributed by atoms with van der Waals surface area (Å²) in [5.41, 5.74) is 0.918. The molecule has 2 aliphatic heterocycles. The SMILES string of the molecule is CO[C@H]1OC(COC(=O)c2ccccc2)[C@@H](O[C@@H]2OC(C)[C@@H](C)[C@H](C)C2OC(=O)c2ccccc2)[C@H](C)C1C. The third kappa shape index (κ3) is 6.69. The van der Waals surface area contributed by atoms with Crippen molar-refractivity contribution in [3.05, 3.63) is 71.8 Å². The molecule has 0 bridgehead atoms. The summed E-state index contributed by atoms with van der Waals surface area (Å²) in [6.07, 6.45) is -3.20. The smallest absolute Gasteiger partial charge is 0.338 e. The monoisotopic (exact) mass is 540 g/mol. The Hall–Kier alpha value is -2.78. The second-order valence-electron chi connectivity index (χ2n) is 10.7. The molecule has 8 heteroatoms. The van der Waals surface area contributed by atoms with Crippen LogP contribution in [0.15, 0.2) is 60.7 Å². The summed E-state index contributed by atoms with van der Waals surface area (Å²) < 4.78 is 36.4. The standard InChI is InChI=1S/C31H40O8/c1-18-19(2)27(38-29(33)24-15-11-8-12-16-24)31(36-22(18)5)39-26-20(3)21(4)30(34-6)37-25(26)17-35-28(32)23-13-9-7-10-14-23/h7-16,18-22,25-27,30-31H,17H2,1-6H3/t18-,19-,20+,21?,22?,25?,26-,27?,30-,31-/m0/s1. The van der Waals surface area contributed by atoms with Gasteiger partial charge in [0.1, 0.15) is 12.7 Å². The van der Waals surface area contributed by atoms with Gasteiger partial charge in [0.25, 0.3) is 0 Å². The maximum atomic E-state index is 13.0. The van der Waals surface area contributed by atoms with Gasteiger partial charge in [-0.2, -0.15) is 0 Å². The van der Waals surface area contributed by atoms with Crippen molar-refractivity contribution < 1.29 is 38.0 Å². The second kappa shape index (κ2) is 13.0. The Morgan fingerprint density at radius 1 is 0.692 bits per heavy atom. The van der Waals surface area contributed by atoms with Crippen molar-refractivity contribution in [1.82, 2.24) is 0 Å². The molecule has 2 aromatic carbocycles. The molecule has 2 heterocycles. The van der Waals surface area contributed by atoms with Gasteiger partial charge in [-0.3, -0.25) is 0 Å². The van der Waals surface area contributed by atoms with Crippen LogP contribution in [-0.2, 0) is 28.4 Å². The number of hydrogen-bond acceptors (Lipinski definition) is 8. The average Bonchev–Trinajstić information content (AvgIpc) is 2.96. The van der Waals surface area contributed by atoms with Gasteiger partial charge in [-0.25, -0.2) is 9.59 Å². The lowest BCUT2D eigenvalue weighted by molar-refractivity contribution is -0.329. The Balaban J connectivity index is 1.54. The number of esters is 2. The molecule has 8 nitrogen and oxygen atoms in total. The van der Waals surface area contributed by atoms with E-state index in [-0.39, 0.29) is 36.4 Å². The van der Waals surface area contributed by atoms with Crippen LogP contribution in [0.5, 0.6) is 0 Å². The van der Waals surface area contributed by atoms with E-state index in [0.29, 0.717) is 11.1 Å². The van der Waals surface area contributed by atoms with Crippen molar-refractivity contribution in [2.24, 2.45) is 23.7 Å². The van der Waals surface area contributed by atoms with Crippen LogP contribution in [0.1, 0.15) is 55.3 Å². The first kappa shape index (κ1) is 29.2. The third-order valence-electron chi connectivity index (χ3n) is 8.32. The third-order valence-corrected chi connectivity index (χ3v) is 8.32. The van der Waals surface area contributed by atoms with Crippen LogP contribution in [0.2, 0.25) is 0 Å². The second-order valence-corrected chi connectivity index (χ2v) is 10.7. The lowest BCUT2D eigenvalue weighted by atomic mass is 9.83. The van der Waals surface area contributed by atoms with E-state index in [9.17, 15) is 9.59 Å². The molecule has 10 atom stereocenters. The Bertz CT molecular complexity index is 1080. The van der Waals surface area contributed by atoms with Gasteiger partial charge in [-0.1, -0.05) is 64.1 Å². The molecule has 0 aliphatic carbocycles. The minimum Gasteiger partial charge on any atom is -0.459 e. The zero-order valence-corrected chi connectivity index (χ0v) is 23.5. The highest BCUT2D eigenvalue weighted by Crippen LogP contribution is 2.38. The molecule has 39 heavy (non-hydrogen) atoms. The van der Waals surface area contributed by atoms with Crippen LogP contribution in [0.4, 0.5) is 0 Å². The molecule has 212 valence electrons. The normalized spacial score (nSPS) is 34.7. The van der Waals surface area contributed by atoms with Crippen LogP contribution in [0, 0.1) is 23.7 Å². The predicted octanol–water partition coefficient (Wildman–Crippen LogP) is 5.11. The molecule has 0 aromatic heterocycles. The van der Waals surface area contributed by atoms with Crippen LogP contribution in [0.3, 0.4) is 0 Å². The van der Waals surface area contributed by atoms with E-state index in [1.165, 1.54) is 0 Å². The van der Waals surface area contributed by atoms with Crippen LogP contribution >= 0.6 is 0 Å². The first-order valence-electron chi connectivity index (χ1n) is 13.7. The molecule has 0 amide bonds. The van der Waals surface area contributed by atoms with Crippen molar-refractivity contribution in [3.8, 4) is 0 Å². The molecule has 2 fully saturated rings. The van der Waals surface area contributed by atoms with Crippen molar-refractivity contribution in [2.75, 3.05) is 13.7 Å². The summed E-state index contributed by atoms with van der Waals surface area (Å²) in [5, 5.41) is 0. The Labute approximate surface area is 230 Å². The lowest BCUT2D eigenvalue weighted by Gasteiger charge is -2.48. The van der Waals surface area contributed by atoms with E-state index >= 15 is 0 Å². The van der Waals surface area contributed by atoms with E-state index < -0.39 is 42.8 Å². The van der Waals surface area contributed by atoms with Gasteiger partial charge in [-0.05, 0) is 43.0 Å². The van der Waals surface area contributed by atoms with Crippen molar-refractivity contribution in [2.45, 2.75) is 71.6 Å². The maximum Gasteiger partial charge on any atom is 0.338 e. The summed E-state index contributed by atoms with van der Waals surface area (Å²) in [5.74, 6) is -0.812. The van der Waals surface area contributed by atoms with Crippen LogP contribution < -0.4 is 0 Å². The number of ether oxygens (including phenoxy) is 6. The molecular formula is C31H40O8. The van der Waals surface area contributed by atoms with Gasteiger partial charge < -0.3 is 28.4 Å². The predicted molar refractivity (Wildman–Crippen MR) is 144 cm³/mol. The summed E-state index contributed by atoms with van der Waals surface area (Å²) in [6, 6.07) is 17.7. The van der Waals surface area contributed by atoms with Gasteiger partial charge in [0.2, 0.25) is 0 Å². The average molecular weight is 541 g/mol. The van der Waals surface area contributed by atoms with Gasteiger partial charge in [0.15, 0.2) is 18.7 Å². The number of rotatable bonds is 8. The number of methoxy groups -OCH3 is 1. The molecule has 0 spiro atoms. The largest absolute Gasteiger partial charge is 0.459 e. The topological polar surface area (TPSA) is 89.5 Å². The molecule has 4 rings (SSSR count). The first-order chi connectivity index (χ1) is 18.7. The first-order valence-corrected chi connectivity index (χ1v) is 13.7. The molecule has 2 aromatic rings. The minimum atomic E-state index is -0.825. The molecule has 0 saturated carbocycles. The quantitative estimate of drug-likeness (QED) is 0.427. The number of benzene rings is 2. The van der Waals surface area contributed by atoms with Crippen molar-refractivity contribution in [3.63, 3.8) is 0 Å². The number of carbonyl (C=O) groups excluding carboxylic acids is 2. The van der Waals surface area contributed by atoms with Gasteiger partial charge >= 0.3 is 11.9 Å². The highest BCUT2D eigenvalue weighted by molar-refractivity contribution is 5.89. The van der Waals surface area contributed by atoms with E-state index in [1.54, 1.807) is 55.6 Å². The fraction of sp³-hybridized carbons (Fsp3) is 0.548. The number of hydrogen-bond donors (Lipinski definition) is 0. The summed E-state index contributed by atoms with van der Waals surface area (Å²) in [6.45, 7) is 10.2. The lowest BCUT2D eigenvalue weighted by Crippen LogP contribution is -2.58. The van der Waals surface area contributed by atoms with Crippen LogP contribution in [-0.4, -0.2) is 62.7 Å². The van der Waals surface area contributed by atoms with E-state index in [0.717, 1.165) is 0 Å². The highest BCUT2D eigenvalue weighted by atomic mass is 16.7. The maximum absolute atomic E-state index is 13.0. The van der Waals surface area contributed by atoms with E-state index in [2.05, 4.69) is 13.8 Å².